The third kappa shape index (κ3) is 7.53. The molecule has 0 saturated heterocycles. The van der Waals surface area contributed by atoms with Crippen LogP contribution in [0.25, 0.3) is 0 Å². The van der Waals surface area contributed by atoms with E-state index in [2.05, 4.69) is 20.4 Å². The van der Waals surface area contributed by atoms with E-state index in [9.17, 15) is 13.2 Å². The second-order valence-electron chi connectivity index (χ2n) is 5.25. The average Bonchev–Trinajstić information content (AvgIpc) is 2.62. The van der Waals surface area contributed by atoms with E-state index in [1.54, 1.807) is 26.3 Å². The maximum absolute atomic E-state index is 12.5. The van der Waals surface area contributed by atoms with Gasteiger partial charge in [-0.25, -0.2) is 0 Å². The summed E-state index contributed by atoms with van der Waals surface area (Å²) >= 11 is 0. The van der Waals surface area contributed by atoms with Crippen LogP contribution < -0.4 is 20.1 Å². The number of methoxy groups -OCH3 is 1. The first-order chi connectivity index (χ1) is 12.4. The summed E-state index contributed by atoms with van der Waals surface area (Å²) in [7, 11) is 3.17. The van der Waals surface area contributed by atoms with Crippen LogP contribution in [0.2, 0.25) is 0 Å². The quantitative estimate of drug-likeness (QED) is 0.361. The van der Waals surface area contributed by atoms with Crippen molar-refractivity contribution in [1.82, 2.24) is 10.6 Å². The molecule has 0 fully saturated rings. The van der Waals surface area contributed by atoms with Crippen LogP contribution in [0, 0.1) is 0 Å². The Kier molecular flexibility index (Phi) is 9.19. The fraction of sp³-hybridized carbons (Fsp3) is 0.278. The maximum atomic E-state index is 12.5. The van der Waals surface area contributed by atoms with Crippen molar-refractivity contribution >= 4 is 29.9 Å². The molecule has 0 radical (unpaired) electrons. The zero-order valence-electron chi connectivity index (χ0n) is 14.8. The summed E-state index contributed by atoms with van der Waals surface area (Å²) in [6.07, 6.45) is -4.74. The van der Waals surface area contributed by atoms with Crippen LogP contribution in [-0.2, 0) is 13.1 Å². The third-order valence-corrected chi connectivity index (χ3v) is 3.51. The Bertz CT molecular complexity index is 755. The van der Waals surface area contributed by atoms with Crippen LogP contribution >= 0.6 is 24.0 Å². The molecule has 148 valence electrons. The SMILES string of the molecule is CN=C(NCc1ccccc1OC)NCc1ccccc1OC(F)(F)F.I. The van der Waals surface area contributed by atoms with Crippen molar-refractivity contribution in [2.24, 2.45) is 4.99 Å². The van der Waals surface area contributed by atoms with Crippen molar-refractivity contribution in [3.05, 3.63) is 59.7 Å². The van der Waals surface area contributed by atoms with Gasteiger partial charge in [-0.2, -0.15) is 0 Å². The number of guanidine groups is 1. The molecule has 0 amide bonds. The Labute approximate surface area is 173 Å². The number of nitrogens with one attached hydrogen (secondary N) is 2. The molecule has 5 nitrogen and oxygen atoms in total. The molecule has 0 atom stereocenters. The van der Waals surface area contributed by atoms with Crippen molar-refractivity contribution in [1.29, 1.82) is 0 Å². The minimum atomic E-state index is -4.74. The van der Waals surface area contributed by atoms with E-state index in [1.807, 2.05) is 24.3 Å². The summed E-state index contributed by atoms with van der Waals surface area (Å²) < 4.78 is 46.7. The molecule has 0 unspecified atom stereocenters. The normalized spacial score (nSPS) is 11.4. The number of aliphatic imine (C=N–C) groups is 1. The lowest BCUT2D eigenvalue weighted by Crippen LogP contribution is -2.36. The lowest BCUT2D eigenvalue weighted by atomic mass is 10.2. The third-order valence-electron chi connectivity index (χ3n) is 3.51. The van der Waals surface area contributed by atoms with E-state index in [0.717, 1.165) is 11.3 Å². The van der Waals surface area contributed by atoms with Gasteiger partial charge in [0, 0.05) is 31.3 Å². The van der Waals surface area contributed by atoms with Crippen molar-refractivity contribution in [3.8, 4) is 11.5 Å². The second kappa shape index (κ2) is 10.9. The number of benzene rings is 2. The number of hydrogen-bond donors (Lipinski definition) is 2. The van der Waals surface area contributed by atoms with Crippen LogP contribution in [0.1, 0.15) is 11.1 Å². The molecule has 0 aromatic heterocycles. The number of alkyl halides is 3. The van der Waals surface area contributed by atoms with E-state index in [-0.39, 0.29) is 36.3 Å². The fourth-order valence-corrected chi connectivity index (χ4v) is 2.30. The standard InChI is InChI=1S/C18H20F3N3O2.HI/c1-22-17(23-11-13-7-3-5-9-15(13)25-2)24-12-14-8-4-6-10-16(14)26-18(19,20)21;/h3-10H,11-12H2,1-2H3,(H2,22,23,24);1H. The van der Waals surface area contributed by atoms with Crippen LogP contribution in [0.5, 0.6) is 11.5 Å². The highest BCUT2D eigenvalue weighted by Crippen LogP contribution is 2.26. The smallest absolute Gasteiger partial charge is 0.496 e. The first-order valence-corrected chi connectivity index (χ1v) is 7.83. The molecular formula is C18H21F3IN3O2. The predicted molar refractivity (Wildman–Crippen MR) is 109 cm³/mol. The Morgan fingerprint density at radius 2 is 1.41 bits per heavy atom. The number of ether oxygens (including phenoxy) is 2. The summed E-state index contributed by atoms with van der Waals surface area (Å²) in [4.78, 5) is 4.07. The van der Waals surface area contributed by atoms with Crippen molar-refractivity contribution in [2.45, 2.75) is 19.5 Å². The van der Waals surface area contributed by atoms with Crippen molar-refractivity contribution in [3.63, 3.8) is 0 Å². The van der Waals surface area contributed by atoms with Gasteiger partial charge < -0.3 is 20.1 Å². The summed E-state index contributed by atoms with van der Waals surface area (Å²) in [5.41, 5.74) is 1.30. The number of hydrogen-bond acceptors (Lipinski definition) is 3. The number of rotatable bonds is 6. The molecule has 0 saturated carbocycles. The van der Waals surface area contributed by atoms with Gasteiger partial charge in [-0.3, -0.25) is 4.99 Å². The molecule has 0 aliphatic carbocycles. The summed E-state index contributed by atoms with van der Waals surface area (Å²) in [6, 6.07) is 13.5. The minimum absolute atomic E-state index is 0. The van der Waals surface area contributed by atoms with Crippen LogP contribution in [-0.4, -0.2) is 26.5 Å². The van der Waals surface area contributed by atoms with Gasteiger partial charge in [0.2, 0.25) is 0 Å². The molecule has 0 bridgehead atoms. The molecule has 0 heterocycles. The molecule has 2 N–H and O–H groups in total. The Balaban J connectivity index is 0.00000364. The molecular weight excluding hydrogens is 474 g/mol. The Morgan fingerprint density at radius 1 is 0.926 bits per heavy atom. The largest absolute Gasteiger partial charge is 0.573 e. The molecule has 0 aliphatic heterocycles. The summed E-state index contributed by atoms with van der Waals surface area (Å²) in [5.74, 6) is 0.935. The molecule has 0 spiro atoms. The van der Waals surface area contributed by atoms with E-state index in [1.165, 1.54) is 12.1 Å². The molecule has 2 aromatic rings. The molecule has 2 rings (SSSR count). The lowest BCUT2D eigenvalue weighted by molar-refractivity contribution is -0.274. The number of halogens is 4. The van der Waals surface area contributed by atoms with Gasteiger partial charge in [0.15, 0.2) is 5.96 Å². The molecule has 9 heteroatoms. The average molecular weight is 495 g/mol. The van der Waals surface area contributed by atoms with Crippen LogP contribution in [0.4, 0.5) is 13.2 Å². The zero-order chi connectivity index (χ0) is 19.0. The van der Waals surface area contributed by atoms with Gasteiger partial charge in [-0.1, -0.05) is 36.4 Å². The predicted octanol–water partition coefficient (Wildman–Crippen LogP) is 4.08. The van der Waals surface area contributed by atoms with Gasteiger partial charge >= 0.3 is 6.36 Å². The van der Waals surface area contributed by atoms with E-state index in [4.69, 9.17) is 4.74 Å². The fourth-order valence-electron chi connectivity index (χ4n) is 2.30. The van der Waals surface area contributed by atoms with E-state index in [0.29, 0.717) is 18.1 Å². The van der Waals surface area contributed by atoms with Gasteiger partial charge in [0.25, 0.3) is 0 Å². The highest BCUT2D eigenvalue weighted by atomic mass is 127. The first kappa shape index (κ1) is 22.9. The van der Waals surface area contributed by atoms with E-state index >= 15 is 0 Å². The highest BCUT2D eigenvalue weighted by molar-refractivity contribution is 14.0. The van der Waals surface area contributed by atoms with Crippen LogP contribution in [0.3, 0.4) is 0 Å². The zero-order valence-corrected chi connectivity index (χ0v) is 17.2. The summed E-state index contributed by atoms with van der Waals surface area (Å²) in [5, 5.41) is 6.06. The van der Waals surface area contributed by atoms with E-state index < -0.39 is 6.36 Å². The Hall–Kier alpha value is -2.17. The van der Waals surface area contributed by atoms with Crippen molar-refractivity contribution in [2.75, 3.05) is 14.2 Å². The number of para-hydroxylation sites is 2. The summed E-state index contributed by atoms with van der Waals surface area (Å²) in [6.45, 7) is 0.572. The number of nitrogens with zero attached hydrogens (tertiary/aromatic N) is 1. The minimum Gasteiger partial charge on any atom is -0.496 e. The second-order valence-corrected chi connectivity index (χ2v) is 5.25. The van der Waals surface area contributed by atoms with Gasteiger partial charge in [-0.05, 0) is 12.1 Å². The highest BCUT2D eigenvalue weighted by Gasteiger charge is 2.31. The van der Waals surface area contributed by atoms with Gasteiger partial charge in [0.1, 0.15) is 11.5 Å². The topological polar surface area (TPSA) is 54.9 Å². The lowest BCUT2D eigenvalue weighted by Gasteiger charge is -2.16. The van der Waals surface area contributed by atoms with Gasteiger partial charge in [0.05, 0.1) is 7.11 Å². The van der Waals surface area contributed by atoms with Gasteiger partial charge in [-0.15, -0.1) is 37.1 Å². The maximum Gasteiger partial charge on any atom is 0.573 e. The van der Waals surface area contributed by atoms with Crippen molar-refractivity contribution < 1.29 is 22.6 Å². The molecule has 0 aliphatic rings. The van der Waals surface area contributed by atoms with Crippen LogP contribution in [0.15, 0.2) is 53.5 Å². The Morgan fingerprint density at radius 3 is 1.89 bits per heavy atom. The first-order valence-electron chi connectivity index (χ1n) is 7.83. The monoisotopic (exact) mass is 495 g/mol. The molecule has 27 heavy (non-hydrogen) atoms. The molecule has 2 aromatic carbocycles.